The molecular formula is C7H9NO2S. The van der Waals surface area contributed by atoms with E-state index < -0.39 is 0 Å². The molecule has 0 rings (SSSR count). The van der Waals surface area contributed by atoms with Gasteiger partial charge in [0.2, 0.25) is 5.12 Å². The maximum absolute atomic E-state index is 10.9. The van der Waals surface area contributed by atoms with E-state index in [0.717, 1.165) is 0 Å². The second-order valence-electron chi connectivity index (χ2n) is 2.04. The number of nitrogens with zero attached hydrogens (tertiary/aromatic N) is 1. The quantitative estimate of drug-likeness (QED) is 0.498. The first-order valence-corrected chi connectivity index (χ1v) is 3.82. The van der Waals surface area contributed by atoms with E-state index in [1.54, 1.807) is 19.2 Å². The third-order valence-electron chi connectivity index (χ3n) is 1.32. The molecule has 0 fully saturated rings. The van der Waals surface area contributed by atoms with Crippen LogP contribution in [0, 0.1) is 10.7 Å². The zero-order valence-corrected chi connectivity index (χ0v) is 7.23. The van der Waals surface area contributed by atoms with Crippen molar-refractivity contribution in [1.29, 1.82) is 5.26 Å². The van der Waals surface area contributed by atoms with Crippen LogP contribution in [-0.2, 0) is 4.79 Å². The molecule has 0 aliphatic carbocycles. The average molecular weight is 171 g/mol. The number of nitriles is 1. The van der Waals surface area contributed by atoms with Gasteiger partial charge in [-0.1, -0.05) is 0 Å². The van der Waals surface area contributed by atoms with Crippen molar-refractivity contribution in [1.82, 2.24) is 0 Å². The molecule has 0 aromatic rings. The molecule has 0 unspecified atom stereocenters. The minimum absolute atomic E-state index is 0.135. The highest BCUT2D eigenvalue weighted by Crippen LogP contribution is 2.11. The van der Waals surface area contributed by atoms with Crippen LogP contribution in [0.5, 0.6) is 0 Å². The summed E-state index contributed by atoms with van der Waals surface area (Å²) in [6.07, 6.45) is 0. The Balaban J connectivity index is 4.37. The second kappa shape index (κ2) is 4.94. The van der Waals surface area contributed by atoms with E-state index in [0.29, 0.717) is 22.9 Å². The number of thioether (sulfide) groups is 1. The number of thiocyanates is 1. The highest BCUT2D eigenvalue weighted by Gasteiger charge is 2.06. The molecule has 0 atom stereocenters. The molecule has 0 spiro atoms. The van der Waals surface area contributed by atoms with Gasteiger partial charge in [0, 0.05) is 17.3 Å². The molecule has 1 N–H and O–H groups in total. The maximum Gasteiger partial charge on any atom is 0.229 e. The van der Waals surface area contributed by atoms with Crippen molar-refractivity contribution in [2.75, 3.05) is 6.61 Å². The molecule has 60 valence electrons. The van der Waals surface area contributed by atoms with E-state index in [4.69, 9.17) is 10.4 Å². The van der Waals surface area contributed by atoms with Gasteiger partial charge in [-0.15, -0.1) is 0 Å². The van der Waals surface area contributed by atoms with Crippen molar-refractivity contribution in [3.8, 4) is 5.40 Å². The summed E-state index contributed by atoms with van der Waals surface area (Å²) in [6, 6.07) is 0. The smallest absolute Gasteiger partial charge is 0.229 e. The largest absolute Gasteiger partial charge is 0.392 e. The van der Waals surface area contributed by atoms with Crippen molar-refractivity contribution in [3.05, 3.63) is 11.1 Å². The Morgan fingerprint density at radius 3 is 2.55 bits per heavy atom. The Bertz CT molecular complexity index is 227. The van der Waals surface area contributed by atoms with Crippen LogP contribution in [0.4, 0.5) is 0 Å². The van der Waals surface area contributed by atoms with Crippen LogP contribution in [0.1, 0.15) is 13.8 Å². The molecule has 0 saturated carbocycles. The molecule has 0 aliphatic heterocycles. The van der Waals surface area contributed by atoms with Crippen LogP contribution in [0.2, 0.25) is 0 Å². The Morgan fingerprint density at radius 2 is 2.18 bits per heavy atom. The number of carbonyl (C=O) groups is 1. The van der Waals surface area contributed by atoms with Gasteiger partial charge in [-0.3, -0.25) is 4.79 Å². The molecular weight excluding hydrogens is 162 g/mol. The van der Waals surface area contributed by atoms with Gasteiger partial charge in [-0.05, 0) is 19.4 Å². The lowest BCUT2D eigenvalue weighted by Crippen LogP contribution is -1.98. The van der Waals surface area contributed by atoms with Crippen molar-refractivity contribution in [2.45, 2.75) is 13.8 Å². The van der Waals surface area contributed by atoms with E-state index in [1.165, 1.54) is 0 Å². The summed E-state index contributed by atoms with van der Waals surface area (Å²) in [5.74, 6) is 0. The first kappa shape index (κ1) is 10.2. The van der Waals surface area contributed by atoms with Crippen molar-refractivity contribution in [2.24, 2.45) is 0 Å². The lowest BCUT2D eigenvalue weighted by Gasteiger charge is -1.99. The molecule has 0 radical (unpaired) electrons. The molecule has 0 aromatic carbocycles. The second-order valence-corrected chi connectivity index (χ2v) is 2.80. The van der Waals surface area contributed by atoms with Gasteiger partial charge < -0.3 is 5.11 Å². The maximum atomic E-state index is 10.9. The van der Waals surface area contributed by atoms with E-state index in [9.17, 15) is 4.79 Å². The van der Waals surface area contributed by atoms with E-state index in [-0.39, 0.29) is 11.7 Å². The monoisotopic (exact) mass is 171 g/mol. The molecule has 0 aromatic heterocycles. The molecule has 3 nitrogen and oxygen atoms in total. The van der Waals surface area contributed by atoms with Crippen LogP contribution in [0.25, 0.3) is 0 Å². The van der Waals surface area contributed by atoms with Crippen LogP contribution >= 0.6 is 11.8 Å². The fourth-order valence-corrected chi connectivity index (χ4v) is 0.821. The topological polar surface area (TPSA) is 61.1 Å². The van der Waals surface area contributed by atoms with E-state index >= 15 is 0 Å². The van der Waals surface area contributed by atoms with Crippen LogP contribution in [0.15, 0.2) is 11.1 Å². The van der Waals surface area contributed by atoms with E-state index in [1.807, 2.05) is 0 Å². The first-order valence-electron chi connectivity index (χ1n) is 3.01. The summed E-state index contributed by atoms with van der Waals surface area (Å²) in [7, 11) is 0. The number of rotatable bonds is 2. The van der Waals surface area contributed by atoms with Gasteiger partial charge in [-0.25, -0.2) is 0 Å². The number of aliphatic hydroxyl groups excluding tert-OH is 1. The standard InChI is InChI=1S/C7H9NO2S/c1-5(3-9)6(2)7(10)11-4-8/h9H,3H2,1-2H3/b6-5-. The number of carbonyl (C=O) groups excluding carboxylic acids is 1. The van der Waals surface area contributed by atoms with Crippen LogP contribution in [-0.4, -0.2) is 16.8 Å². The molecule has 11 heavy (non-hydrogen) atoms. The van der Waals surface area contributed by atoms with E-state index in [2.05, 4.69) is 0 Å². The first-order chi connectivity index (χ1) is 5.13. The molecule has 4 heteroatoms. The highest BCUT2D eigenvalue weighted by molar-refractivity contribution is 8.18. The Kier molecular flexibility index (Phi) is 4.59. The molecule has 0 bridgehead atoms. The minimum Gasteiger partial charge on any atom is -0.392 e. The van der Waals surface area contributed by atoms with Gasteiger partial charge in [0.05, 0.1) is 6.61 Å². The normalized spacial score (nSPS) is 11.8. The van der Waals surface area contributed by atoms with Crippen LogP contribution in [0.3, 0.4) is 0 Å². The van der Waals surface area contributed by atoms with Crippen molar-refractivity contribution in [3.63, 3.8) is 0 Å². The summed E-state index contributed by atoms with van der Waals surface area (Å²) in [6.45, 7) is 3.12. The summed E-state index contributed by atoms with van der Waals surface area (Å²) in [5, 5.41) is 18.2. The van der Waals surface area contributed by atoms with Gasteiger partial charge in [0.15, 0.2) is 0 Å². The van der Waals surface area contributed by atoms with Crippen molar-refractivity contribution < 1.29 is 9.90 Å². The molecule has 0 saturated heterocycles. The van der Waals surface area contributed by atoms with Crippen LogP contribution < -0.4 is 0 Å². The lowest BCUT2D eigenvalue weighted by atomic mass is 10.2. The fourth-order valence-electron chi connectivity index (χ4n) is 0.411. The van der Waals surface area contributed by atoms with Crippen molar-refractivity contribution >= 4 is 16.9 Å². The number of hydrogen-bond donors (Lipinski definition) is 1. The zero-order chi connectivity index (χ0) is 8.85. The summed E-state index contributed by atoms with van der Waals surface area (Å²) in [4.78, 5) is 10.9. The number of hydrogen-bond acceptors (Lipinski definition) is 4. The Morgan fingerprint density at radius 1 is 1.64 bits per heavy atom. The summed E-state index contributed by atoms with van der Waals surface area (Å²) >= 11 is 0.581. The zero-order valence-electron chi connectivity index (χ0n) is 6.42. The summed E-state index contributed by atoms with van der Waals surface area (Å²) in [5.41, 5.74) is 1.07. The Labute approximate surface area is 69.7 Å². The molecule has 0 heterocycles. The van der Waals surface area contributed by atoms with Gasteiger partial charge in [0.25, 0.3) is 0 Å². The third-order valence-corrected chi connectivity index (χ3v) is 1.90. The average Bonchev–Trinajstić information content (AvgIpc) is 2.02. The summed E-state index contributed by atoms with van der Waals surface area (Å²) < 4.78 is 0. The predicted octanol–water partition coefficient (Wildman–Crippen LogP) is 1.06. The Hall–Kier alpha value is -0.790. The third kappa shape index (κ3) is 3.21. The molecule has 0 aliphatic rings. The fraction of sp³-hybridized carbons (Fsp3) is 0.429. The minimum atomic E-state index is -0.293. The lowest BCUT2D eigenvalue weighted by molar-refractivity contribution is -0.107. The van der Waals surface area contributed by atoms with Gasteiger partial charge in [-0.2, -0.15) is 5.26 Å². The van der Waals surface area contributed by atoms with Gasteiger partial charge >= 0.3 is 0 Å². The highest BCUT2D eigenvalue weighted by atomic mass is 32.2. The predicted molar refractivity (Wildman–Crippen MR) is 43.7 cm³/mol. The SMILES string of the molecule is C/C(CO)=C(\C)C(=O)SC#N. The molecule has 0 amide bonds. The van der Waals surface area contributed by atoms with Gasteiger partial charge in [0.1, 0.15) is 5.40 Å². The number of aliphatic hydroxyl groups is 1.